The molecule has 174 valence electrons. The molecule has 0 unspecified atom stereocenters. The molecular weight excluding hydrogens is 408 g/mol. The van der Waals surface area contributed by atoms with Gasteiger partial charge in [-0.15, -0.1) is 0 Å². The van der Waals surface area contributed by atoms with Crippen LogP contribution in [0.1, 0.15) is 67.2 Å². The predicted octanol–water partition coefficient (Wildman–Crippen LogP) is 4.29. The molecule has 0 aromatic rings. The largest absolute Gasteiger partial charge is 0.511 e. The summed E-state index contributed by atoms with van der Waals surface area (Å²) < 4.78 is 11.3. The number of ketones is 1. The van der Waals surface area contributed by atoms with Crippen LogP contribution >= 0.6 is 0 Å². The number of rotatable bonds is 1. The predicted molar refractivity (Wildman–Crippen MR) is 116 cm³/mol. The summed E-state index contributed by atoms with van der Waals surface area (Å²) in [6, 6.07) is 0. The van der Waals surface area contributed by atoms with Gasteiger partial charge in [0, 0.05) is 16.9 Å². The second-order valence-electron chi connectivity index (χ2n) is 11.8. The molecule has 6 heteroatoms. The first kappa shape index (κ1) is 21.7. The fraction of sp³-hybridized carbons (Fsp3) is 0.731. The van der Waals surface area contributed by atoms with Crippen molar-refractivity contribution in [2.75, 3.05) is 7.11 Å². The van der Waals surface area contributed by atoms with Crippen LogP contribution in [-0.2, 0) is 23.9 Å². The summed E-state index contributed by atoms with van der Waals surface area (Å²) in [6.45, 7) is 11.6. The van der Waals surface area contributed by atoms with E-state index in [0.717, 1.165) is 18.4 Å². The van der Waals surface area contributed by atoms with Gasteiger partial charge in [0.05, 0.1) is 17.9 Å². The molecule has 1 spiro atoms. The lowest BCUT2D eigenvalue weighted by atomic mass is 9.32. The van der Waals surface area contributed by atoms with Gasteiger partial charge in [-0.25, -0.2) is 0 Å². The maximum atomic E-state index is 14.0. The van der Waals surface area contributed by atoms with E-state index in [1.165, 1.54) is 7.11 Å². The summed E-state index contributed by atoms with van der Waals surface area (Å²) in [7, 11) is 1.30. The SMILES string of the molecule is COC(=O)[C@@]12C(=O)C(C)=C(O)[C@]1(C)C(C)=C[C@H]1[C@@]34CC[C@H](OC3=O)C(C)(C)[C@H]4CC[C@@]12C. The van der Waals surface area contributed by atoms with Crippen molar-refractivity contribution in [3.63, 3.8) is 0 Å². The van der Waals surface area contributed by atoms with Crippen molar-refractivity contribution in [3.05, 3.63) is 23.0 Å². The molecule has 4 aliphatic carbocycles. The Labute approximate surface area is 189 Å². The van der Waals surface area contributed by atoms with Gasteiger partial charge in [-0.1, -0.05) is 32.4 Å². The third kappa shape index (κ3) is 1.80. The highest BCUT2D eigenvalue weighted by molar-refractivity contribution is 6.17. The molecule has 0 aromatic heterocycles. The van der Waals surface area contributed by atoms with Gasteiger partial charge in [-0.2, -0.15) is 0 Å². The van der Waals surface area contributed by atoms with Gasteiger partial charge in [0.15, 0.2) is 11.2 Å². The second kappa shape index (κ2) is 5.87. The zero-order valence-electron chi connectivity index (χ0n) is 20.1. The van der Waals surface area contributed by atoms with Gasteiger partial charge in [-0.3, -0.25) is 14.4 Å². The third-order valence-corrected chi connectivity index (χ3v) is 10.8. The van der Waals surface area contributed by atoms with Gasteiger partial charge in [0.2, 0.25) is 0 Å². The van der Waals surface area contributed by atoms with Gasteiger partial charge in [0.25, 0.3) is 0 Å². The fourth-order valence-corrected chi connectivity index (χ4v) is 9.13. The minimum Gasteiger partial charge on any atom is -0.511 e. The summed E-state index contributed by atoms with van der Waals surface area (Å²) in [6.07, 6.45) is 4.77. The number of Topliss-reactive ketones (excluding diaryl/α,β-unsaturated/α-hetero) is 1. The Morgan fingerprint density at radius 2 is 1.78 bits per heavy atom. The quantitative estimate of drug-likeness (QED) is 0.370. The zero-order valence-corrected chi connectivity index (χ0v) is 20.1. The van der Waals surface area contributed by atoms with Crippen LogP contribution in [-0.4, -0.2) is 36.0 Å². The van der Waals surface area contributed by atoms with Crippen LogP contribution in [0.4, 0.5) is 0 Å². The molecule has 6 rings (SSSR count). The molecule has 2 saturated heterocycles. The average Bonchev–Trinajstić information content (AvgIpc) is 2.90. The number of aliphatic hydroxyl groups is 1. The number of hydrogen-bond acceptors (Lipinski definition) is 6. The van der Waals surface area contributed by atoms with Crippen molar-refractivity contribution >= 4 is 17.7 Å². The number of aliphatic hydroxyl groups excluding tert-OH is 1. The van der Waals surface area contributed by atoms with E-state index in [4.69, 9.17) is 9.47 Å². The van der Waals surface area contributed by atoms with Crippen molar-refractivity contribution in [3.8, 4) is 0 Å². The minimum atomic E-state index is -1.62. The standard InChI is InChI=1S/C26H34O6/c1-13-12-16-23(5,26(21(30)31-7)19(28)14(2)18(27)24(13,26)6)10-8-15-22(3,4)17-9-11-25(15,16)20(29)32-17/h12,15-17,27H,8-11H2,1-7H3/t15-,16-,17+,23+,24+,25+,26-/m1/s1. The van der Waals surface area contributed by atoms with Crippen LogP contribution in [0.25, 0.3) is 0 Å². The van der Waals surface area contributed by atoms with E-state index in [2.05, 4.69) is 19.9 Å². The highest BCUT2D eigenvalue weighted by Crippen LogP contribution is 2.78. The van der Waals surface area contributed by atoms with Gasteiger partial charge < -0.3 is 14.6 Å². The lowest BCUT2D eigenvalue weighted by Crippen LogP contribution is -2.74. The summed E-state index contributed by atoms with van der Waals surface area (Å²) in [4.78, 5) is 41.3. The maximum Gasteiger partial charge on any atom is 0.321 e. The number of allylic oxidation sites excluding steroid dienone is 3. The fourth-order valence-electron chi connectivity index (χ4n) is 9.13. The van der Waals surface area contributed by atoms with Crippen molar-refractivity contribution in [1.29, 1.82) is 0 Å². The third-order valence-electron chi connectivity index (χ3n) is 10.8. The molecule has 1 N–H and O–H groups in total. The monoisotopic (exact) mass is 442 g/mol. The molecule has 2 aliphatic heterocycles. The topological polar surface area (TPSA) is 89.9 Å². The number of ether oxygens (including phenoxy) is 2. The molecular formula is C26H34O6. The lowest BCUT2D eigenvalue weighted by molar-refractivity contribution is -0.262. The van der Waals surface area contributed by atoms with E-state index in [-0.39, 0.29) is 46.4 Å². The first-order chi connectivity index (χ1) is 14.8. The molecule has 2 saturated carbocycles. The van der Waals surface area contributed by atoms with Crippen LogP contribution < -0.4 is 0 Å². The van der Waals surface area contributed by atoms with Crippen molar-refractivity contribution in [1.82, 2.24) is 0 Å². The first-order valence-corrected chi connectivity index (χ1v) is 11.7. The van der Waals surface area contributed by atoms with Gasteiger partial charge >= 0.3 is 11.9 Å². The smallest absolute Gasteiger partial charge is 0.321 e. The van der Waals surface area contributed by atoms with Crippen molar-refractivity contribution < 1.29 is 29.0 Å². The van der Waals surface area contributed by atoms with Crippen LogP contribution in [0.3, 0.4) is 0 Å². The van der Waals surface area contributed by atoms with E-state index in [0.29, 0.717) is 12.8 Å². The lowest BCUT2D eigenvalue weighted by Gasteiger charge is -2.70. The average molecular weight is 443 g/mol. The molecule has 2 heterocycles. The normalized spacial score (nSPS) is 48.5. The first-order valence-electron chi connectivity index (χ1n) is 11.7. The Hall–Kier alpha value is -2.11. The molecule has 4 fully saturated rings. The number of carbonyl (C=O) groups is 3. The second-order valence-corrected chi connectivity index (χ2v) is 11.8. The van der Waals surface area contributed by atoms with E-state index in [1.54, 1.807) is 13.8 Å². The van der Waals surface area contributed by atoms with Crippen molar-refractivity contribution in [2.45, 2.75) is 73.3 Å². The van der Waals surface area contributed by atoms with Crippen LogP contribution in [0.2, 0.25) is 0 Å². The molecule has 0 aromatic carbocycles. The number of hydrogen-bond donors (Lipinski definition) is 1. The van der Waals surface area contributed by atoms with E-state index >= 15 is 0 Å². The van der Waals surface area contributed by atoms with E-state index < -0.39 is 27.6 Å². The van der Waals surface area contributed by atoms with Gasteiger partial charge in [-0.05, 0) is 57.8 Å². The summed E-state index contributed by atoms with van der Waals surface area (Å²) in [5.74, 6) is -1.51. The van der Waals surface area contributed by atoms with E-state index in [9.17, 15) is 19.5 Å². The molecule has 2 bridgehead atoms. The Morgan fingerprint density at radius 3 is 2.38 bits per heavy atom. The van der Waals surface area contributed by atoms with Crippen LogP contribution in [0.5, 0.6) is 0 Å². The van der Waals surface area contributed by atoms with E-state index in [1.807, 2.05) is 13.8 Å². The maximum absolute atomic E-state index is 14.0. The molecule has 32 heavy (non-hydrogen) atoms. The molecule has 0 amide bonds. The molecule has 0 radical (unpaired) electrons. The summed E-state index contributed by atoms with van der Waals surface area (Å²) in [5.41, 5.74) is -3.76. The molecule has 7 atom stereocenters. The number of fused-ring (bicyclic) bond motifs is 5. The Kier molecular flexibility index (Phi) is 3.98. The summed E-state index contributed by atoms with van der Waals surface area (Å²) >= 11 is 0. The van der Waals surface area contributed by atoms with Crippen LogP contribution in [0.15, 0.2) is 23.0 Å². The van der Waals surface area contributed by atoms with Gasteiger partial charge in [0.1, 0.15) is 11.9 Å². The Morgan fingerprint density at radius 1 is 1.12 bits per heavy atom. The number of methoxy groups -OCH3 is 1. The van der Waals surface area contributed by atoms with Crippen LogP contribution in [0, 0.1) is 38.9 Å². The molecule has 6 nitrogen and oxygen atoms in total. The molecule has 6 aliphatic rings. The minimum absolute atomic E-state index is 0.0591. The van der Waals surface area contributed by atoms with Crippen molar-refractivity contribution in [2.24, 2.45) is 38.9 Å². The Balaban J connectivity index is 1.85. The number of carbonyl (C=O) groups excluding carboxylic acids is 3. The highest BCUT2D eigenvalue weighted by atomic mass is 16.6. The Bertz CT molecular complexity index is 1030. The number of esters is 2. The highest BCUT2D eigenvalue weighted by Gasteiger charge is 2.82. The zero-order chi connectivity index (χ0) is 23.6. The summed E-state index contributed by atoms with van der Waals surface area (Å²) in [5, 5.41) is 11.2.